The number of para-hydroxylation sites is 3. The standard InChI is InChI=1S/C25H20N6O5S/c26-14-18-15-28-30-24(18)29-23(32)16-27-25(33)17-10-12-20(13-11-17)37(34,35)31-21-8-4-5-9-22(21)36-19-6-2-1-3-7-19/h1-13,15,31H,16H2,(H,27,33)(H2,28,29,30,32). The first-order valence-corrected chi connectivity index (χ1v) is 12.3. The molecule has 186 valence electrons. The largest absolute Gasteiger partial charge is 0.455 e. The van der Waals surface area contributed by atoms with Crippen LogP contribution in [-0.2, 0) is 14.8 Å². The lowest BCUT2D eigenvalue weighted by atomic mass is 10.2. The third kappa shape index (κ3) is 6.30. The second-order valence-corrected chi connectivity index (χ2v) is 9.21. The molecule has 0 aliphatic rings. The van der Waals surface area contributed by atoms with Crippen LogP contribution in [0.4, 0.5) is 11.5 Å². The number of anilines is 2. The van der Waals surface area contributed by atoms with E-state index in [1.54, 1.807) is 48.5 Å². The van der Waals surface area contributed by atoms with Crippen molar-refractivity contribution in [2.75, 3.05) is 16.6 Å². The maximum absolute atomic E-state index is 13.0. The van der Waals surface area contributed by atoms with E-state index in [0.29, 0.717) is 11.5 Å². The number of carbonyl (C=O) groups is 2. The first-order chi connectivity index (χ1) is 17.9. The molecule has 11 nitrogen and oxygen atoms in total. The molecule has 12 heteroatoms. The molecule has 1 aromatic heterocycles. The van der Waals surface area contributed by atoms with Crippen molar-refractivity contribution in [2.24, 2.45) is 0 Å². The van der Waals surface area contributed by atoms with Gasteiger partial charge in [0.15, 0.2) is 11.6 Å². The number of hydrogen-bond acceptors (Lipinski definition) is 7. The van der Waals surface area contributed by atoms with Crippen LogP contribution in [0.2, 0.25) is 0 Å². The van der Waals surface area contributed by atoms with Gasteiger partial charge < -0.3 is 15.4 Å². The summed E-state index contributed by atoms with van der Waals surface area (Å²) in [7, 11) is -3.99. The van der Waals surface area contributed by atoms with Gasteiger partial charge in [0.25, 0.3) is 15.9 Å². The summed E-state index contributed by atoms with van der Waals surface area (Å²) in [5, 5.41) is 20.0. The molecule has 0 aliphatic carbocycles. The van der Waals surface area contributed by atoms with Crippen LogP contribution in [0.1, 0.15) is 15.9 Å². The summed E-state index contributed by atoms with van der Waals surface area (Å²) >= 11 is 0. The van der Waals surface area contributed by atoms with Gasteiger partial charge >= 0.3 is 0 Å². The summed E-state index contributed by atoms with van der Waals surface area (Å²) in [5.41, 5.74) is 0.548. The second kappa shape index (κ2) is 11.1. The van der Waals surface area contributed by atoms with Crippen molar-refractivity contribution < 1.29 is 22.7 Å². The third-order valence-electron chi connectivity index (χ3n) is 4.96. The number of ether oxygens (including phenoxy) is 1. The number of H-pyrrole nitrogens is 1. The first kappa shape index (κ1) is 25.0. The van der Waals surface area contributed by atoms with E-state index in [0.717, 1.165) is 0 Å². The minimum absolute atomic E-state index is 0.0551. The molecule has 4 aromatic rings. The number of amides is 2. The smallest absolute Gasteiger partial charge is 0.262 e. The molecule has 4 rings (SSSR count). The van der Waals surface area contributed by atoms with E-state index < -0.39 is 21.8 Å². The molecule has 0 fully saturated rings. The molecule has 0 spiro atoms. The molecule has 0 radical (unpaired) electrons. The van der Waals surface area contributed by atoms with Crippen molar-refractivity contribution in [2.45, 2.75) is 4.90 Å². The van der Waals surface area contributed by atoms with Crippen molar-refractivity contribution in [3.8, 4) is 17.6 Å². The average Bonchev–Trinajstić information content (AvgIpc) is 3.36. The van der Waals surface area contributed by atoms with E-state index in [1.165, 1.54) is 30.5 Å². The second-order valence-electron chi connectivity index (χ2n) is 7.53. The third-order valence-corrected chi connectivity index (χ3v) is 6.34. The molecule has 0 atom stereocenters. The Morgan fingerprint density at radius 2 is 1.68 bits per heavy atom. The van der Waals surface area contributed by atoms with Gasteiger partial charge in [-0.25, -0.2) is 8.42 Å². The van der Waals surface area contributed by atoms with E-state index in [-0.39, 0.29) is 34.1 Å². The molecule has 3 aromatic carbocycles. The van der Waals surface area contributed by atoms with Gasteiger partial charge in [0.2, 0.25) is 5.91 Å². The Morgan fingerprint density at radius 1 is 0.973 bits per heavy atom. The van der Waals surface area contributed by atoms with Crippen molar-refractivity contribution in [1.29, 1.82) is 5.26 Å². The molecular weight excluding hydrogens is 496 g/mol. The number of rotatable bonds is 9. The Kier molecular flexibility index (Phi) is 7.46. The van der Waals surface area contributed by atoms with Crippen molar-refractivity contribution in [3.05, 3.63) is 96.2 Å². The van der Waals surface area contributed by atoms with Crippen LogP contribution < -0.4 is 20.1 Å². The van der Waals surface area contributed by atoms with Crippen LogP contribution in [0.3, 0.4) is 0 Å². The predicted molar refractivity (Wildman–Crippen MR) is 134 cm³/mol. The van der Waals surface area contributed by atoms with E-state index in [9.17, 15) is 18.0 Å². The number of aromatic amines is 1. The van der Waals surface area contributed by atoms with Gasteiger partial charge in [0.05, 0.1) is 17.1 Å². The molecule has 37 heavy (non-hydrogen) atoms. The fourth-order valence-electron chi connectivity index (χ4n) is 3.15. The Bertz CT molecular complexity index is 1560. The fraction of sp³-hybridized carbons (Fsp3) is 0.0400. The fourth-order valence-corrected chi connectivity index (χ4v) is 4.22. The molecule has 0 aliphatic heterocycles. The maximum atomic E-state index is 13.0. The van der Waals surface area contributed by atoms with Crippen LogP contribution in [0.5, 0.6) is 11.5 Å². The summed E-state index contributed by atoms with van der Waals surface area (Å²) < 4.78 is 34.2. The van der Waals surface area contributed by atoms with Gasteiger partial charge in [-0.1, -0.05) is 30.3 Å². The Balaban J connectivity index is 1.38. The predicted octanol–water partition coefficient (Wildman–Crippen LogP) is 3.24. The number of nitrogens with one attached hydrogen (secondary N) is 4. The summed E-state index contributed by atoms with van der Waals surface area (Å²) in [6, 6.07) is 22.6. The highest BCUT2D eigenvalue weighted by Gasteiger charge is 2.18. The molecule has 0 unspecified atom stereocenters. The summed E-state index contributed by atoms with van der Waals surface area (Å²) in [4.78, 5) is 24.4. The van der Waals surface area contributed by atoms with Crippen LogP contribution in [0, 0.1) is 11.3 Å². The molecule has 0 bridgehead atoms. The number of nitrogens with zero attached hydrogens (tertiary/aromatic N) is 2. The van der Waals surface area contributed by atoms with Crippen molar-refractivity contribution in [1.82, 2.24) is 15.5 Å². The van der Waals surface area contributed by atoms with E-state index in [4.69, 9.17) is 10.00 Å². The SMILES string of the molecule is N#Cc1c[nH]nc1NC(=O)CNC(=O)c1ccc(S(=O)(=O)Nc2ccccc2Oc2ccccc2)cc1. The van der Waals surface area contributed by atoms with Crippen molar-refractivity contribution >= 4 is 33.3 Å². The van der Waals surface area contributed by atoms with Gasteiger partial charge in [0, 0.05) is 11.8 Å². The number of sulfonamides is 1. The van der Waals surface area contributed by atoms with E-state index in [1.807, 2.05) is 12.1 Å². The van der Waals surface area contributed by atoms with Crippen LogP contribution in [-0.4, -0.2) is 37.0 Å². The summed E-state index contributed by atoms with van der Waals surface area (Å²) in [5.74, 6) is -0.246. The molecular formula is C25H20N6O5S. The lowest BCUT2D eigenvalue weighted by Crippen LogP contribution is -2.33. The zero-order chi connectivity index (χ0) is 26.3. The number of carbonyl (C=O) groups excluding carboxylic acids is 2. The number of aromatic nitrogens is 2. The van der Waals surface area contributed by atoms with Gasteiger partial charge in [-0.05, 0) is 48.5 Å². The number of hydrogen-bond donors (Lipinski definition) is 4. The normalized spacial score (nSPS) is 10.7. The molecule has 0 saturated heterocycles. The number of nitriles is 1. The Labute approximate surface area is 212 Å². The number of benzene rings is 3. The van der Waals surface area contributed by atoms with Gasteiger partial charge in [-0.15, -0.1) is 0 Å². The van der Waals surface area contributed by atoms with E-state index >= 15 is 0 Å². The zero-order valence-corrected chi connectivity index (χ0v) is 20.0. The topological polar surface area (TPSA) is 166 Å². The lowest BCUT2D eigenvalue weighted by molar-refractivity contribution is -0.115. The highest BCUT2D eigenvalue weighted by atomic mass is 32.2. The molecule has 4 N–H and O–H groups in total. The molecule has 0 saturated carbocycles. The van der Waals surface area contributed by atoms with Crippen LogP contribution >= 0.6 is 0 Å². The van der Waals surface area contributed by atoms with Gasteiger partial charge in [-0.2, -0.15) is 10.4 Å². The highest BCUT2D eigenvalue weighted by molar-refractivity contribution is 7.92. The van der Waals surface area contributed by atoms with Crippen LogP contribution in [0.15, 0.2) is 90.0 Å². The minimum atomic E-state index is -3.99. The summed E-state index contributed by atoms with van der Waals surface area (Å²) in [6.07, 6.45) is 1.33. The lowest BCUT2D eigenvalue weighted by Gasteiger charge is -2.13. The quantitative estimate of drug-likeness (QED) is 0.265. The Hall–Kier alpha value is -5.15. The zero-order valence-electron chi connectivity index (χ0n) is 19.1. The van der Waals surface area contributed by atoms with Crippen LogP contribution in [0.25, 0.3) is 0 Å². The monoisotopic (exact) mass is 516 g/mol. The summed E-state index contributed by atoms with van der Waals surface area (Å²) in [6.45, 7) is -0.379. The highest BCUT2D eigenvalue weighted by Crippen LogP contribution is 2.30. The Morgan fingerprint density at radius 3 is 2.41 bits per heavy atom. The minimum Gasteiger partial charge on any atom is -0.455 e. The maximum Gasteiger partial charge on any atom is 0.262 e. The molecule has 2 amide bonds. The van der Waals surface area contributed by atoms with Gasteiger partial charge in [-0.3, -0.25) is 19.4 Å². The average molecular weight is 517 g/mol. The van der Waals surface area contributed by atoms with E-state index in [2.05, 4.69) is 25.6 Å². The van der Waals surface area contributed by atoms with Crippen molar-refractivity contribution in [3.63, 3.8) is 0 Å². The van der Waals surface area contributed by atoms with Gasteiger partial charge in [0.1, 0.15) is 17.4 Å². The molecule has 1 heterocycles. The first-order valence-electron chi connectivity index (χ1n) is 10.8.